The van der Waals surface area contributed by atoms with Gasteiger partial charge in [0, 0.05) is 29.3 Å². The summed E-state index contributed by atoms with van der Waals surface area (Å²) in [6.07, 6.45) is 7.94. The van der Waals surface area contributed by atoms with Crippen molar-refractivity contribution in [1.29, 1.82) is 5.41 Å². The molecule has 2 N–H and O–H groups in total. The molecule has 3 aliphatic rings. The number of aliphatic imine (C=N–C) groups is 1. The van der Waals surface area contributed by atoms with Crippen LogP contribution in [0.2, 0.25) is 0 Å². The molecule has 1 aliphatic heterocycles. The second kappa shape index (κ2) is 11.4. The minimum atomic E-state index is -4.86. The summed E-state index contributed by atoms with van der Waals surface area (Å²) in [5.74, 6) is -1.90. The molecule has 7 rings (SSSR count). The molecule has 2 aliphatic carbocycles. The largest absolute Gasteiger partial charge is 0.309 e. The first-order valence-corrected chi connectivity index (χ1v) is 16.9. The van der Waals surface area contributed by atoms with Gasteiger partial charge in [-0.1, -0.05) is 24.3 Å². The van der Waals surface area contributed by atoms with Gasteiger partial charge in [0.05, 0.1) is 27.7 Å². The molecule has 2 saturated carbocycles. The number of aromatic nitrogens is 3. The van der Waals surface area contributed by atoms with Crippen LogP contribution in [0.25, 0.3) is 22.0 Å². The van der Waals surface area contributed by atoms with Crippen LogP contribution in [0.5, 0.6) is 0 Å². The zero-order valence-corrected chi connectivity index (χ0v) is 26.3. The fourth-order valence-corrected chi connectivity index (χ4v) is 7.92. The monoisotopic (exact) mass is 660 g/mol. The second-order valence-corrected chi connectivity index (χ2v) is 14.3. The summed E-state index contributed by atoms with van der Waals surface area (Å²) in [5.41, 5.74) is 2.60. The normalized spacial score (nSPS) is 20.0. The lowest BCUT2D eigenvalue weighted by Gasteiger charge is -2.13. The number of benzene rings is 2. The number of sulfonamides is 1. The smallest absolute Gasteiger partial charge is 0.267 e. The summed E-state index contributed by atoms with van der Waals surface area (Å²) in [6.45, 7) is 3.10. The Bertz CT molecular complexity index is 2120. The number of anilines is 1. The standard InChI is InChI=1S/C33H27F3N6O2S2/c1-16-10-12-22(34)32(28(16)35)46(43,44)42-24-9-5-7-19(29(24)36)30-31(45-33(39-30)26-13-11-17(2)40-41-26)25-8-4-3-6-18(38-25)14-23(37)27-20-15-21(20)27/h4-13,20-21,27,37,42H,3,14-15H2,1-2H3. The molecule has 13 heteroatoms. The van der Waals surface area contributed by atoms with E-state index in [-0.39, 0.29) is 16.8 Å². The Morgan fingerprint density at radius 3 is 2.57 bits per heavy atom. The predicted molar refractivity (Wildman–Crippen MR) is 171 cm³/mol. The number of thiazole rings is 1. The fraction of sp³-hybridized carbons (Fsp3) is 0.242. The summed E-state index contributed by atoms with van der Waals surface area (Å²) in [4.78, 5) is 8.92. The molecular weight excluding hydrogens is 634 g/mol. The summed E-state index contributed by atoms with van der Waals surface area (Å²) >= 11 is 1.23. The van der Waals surface area contributed by atoms with Crippen molar-refractivity contribution < 1.29 is 21.6 Å². The lowest BCUT2D eigenvalue weighted by Crippen LogP contribution is -2.18. The van der Waals surface area contributed by atoms with E-state index in [1.165, 1.54) is 42.9 Å². The highest BCUT2D eigenvalue weighted by Gasteiger charge is 2.65. The van der Waals surface area contributed by atoms with Crippen LogP contribution in [0.1, 0.15) is 35.4 Å². The van der Waals surface area contributed by atoms with Crippen LogP contribution in [0.15, 0.2) is 76.3 Å². The second-order valence-electron chi connectivity index (χ2n) is 11.7. The number of hydrogen-bond donors (Lipinski definition) is 2. The maximum atomic E-state index is 16.3. The van der Waals surface area contributed by atoms with Gasteiger partial charge in [-0.05, 0) is 80.5 Å². The molecule has 2 aromatic heterocycles. The number of fused-ring (bicyclic) bond motifs is 1. The van der Waals surface area contributed by atoms with E-state index < -0.39 is 38.1 Å². The number of nitrogens with one attached hydrogen (secondary N) is 2. The molecule has 3 heterocycles. The van der Waals surface area contributed by atoms with Crippen molar-refractivity contribution in [3.8, 4) is 22.0 Å². The first-order chi connectivity index (χ1) is 22.0. The number of aryl methyl sites for hydroxylation is 2. The van der Waals surface area contributed by atoms with Crippen molar-refractivity contribution in [2.75, 3.05) is 4.72 Å². The third-order valence-electron chi connectivity index (χ3n) is 8.36. The molecule has 2 unspecified atom stereocenters. The first-order valence-electron chi connectivity index (χ1n) is 14.6. The third kappa shape index (κ3) is 5.58. The van der Waals surface area contributed by atoms with E-state index in [0.717, 1.165) is 17.8 Å². The van der Waals surface area contributed by atoms with E-state index >= 15 is 4.39 Å². The van der Waals surface area contributed by atoms with Crippen LogP contribution in [-0.2, 0) is 10.0 Å². The van der Waals surface area contributed by atoms with Crippen molar-refractivity contribution in [2.45, 2.75) is 38.0 Å². The summed E-state index contributed by atoms with van der Waals surface area (Å²) in [5, 5.41) is 17.4. The lowest BCUT2D eigenvalue weighted by atomic mass is 10.0. The molecule has 4 aromatic rings. The van der Waals surface area contributed by atoms with E-state index in [4.69, 9.17) is 15.4 Å². The SMILES string of the molecule is Cc1ccc(-c2nc(-c3cccc(NS(=O)(=O)c4c(F)ccc(C)c4F)c3F)c(C3=NC(CC(=N)C4C5CC54)=CCC=C3)s2)nn1. The molecule has 0 bridgehead atoms. The van der Waals surface area contributed by atoms with Gasteiger partial charge >= 0.3 is 0 Å². The molecule has 234 valence electrons. The van der Waals surface area contributed by atoms with Gasteiger partial charge in [0.1, 0.15) is 22.3 Å². The minimum Gasteiger partial charge on any atom is -0.309 e. The van der Waals surface area contributed by atoms with E-state index in [9.17, 15) is 17.2 Å². The van der Waals surface area contributed by atoms with Gasteiger partial charge in [-0.15, -0.1) is 16.4 Å². The summed E-state index contributed by atoms with van der Waals surface area (Å²) in [7, 11) is -4.86. The number of nitrogens with zero attached hydrogens (tertiary/aromatic N) is 4. The minimum absolute atomic E-state index is 0.0559. The van der Waals surface area contributed by atoms with Crippen LogP contribution in [-0.4, -0.2) is 35.0 Å². The van der Waals surface area contributed by atoms with Crippen molar-refractivity contribution in [2.24, 2.45) is 22.7 Å². The predicted octanol–water partition coefficient (Wildman–Crippen LogP) is 7.41. The highest BCUT2D eigenvalue weighted by atomic mass is 32.2. The molecule has 8 nitrogen and oxygen atoms in total. The molecule has 46 heavy (non-hydrogen) atoms. The summed E-state index contributed by atoms with van der Waals surface area (Å²) < 4.78 is 73.8. The maximum Gasteiger partial charge on any atom is 0.267 e. The number of allylic oxidation sites excluding steroid dienone is 4. The average molecular weight is 661 g/mol. The Kier molecular flexibility index (Phi) is 7.47. The molecule has 2 aromatic carbocycles. The highest BCUT2D eigenvalue weighted by molar-refractivity contribution is 7.92. The number of rotatable bonds is 9. The van der Waals surface area contributed by atoms with Crippen LogP contribution in [0.3, 0.4) is 0 Å². The number of hydrogen-bond acceptors (Lipinski definition) is 8. The van der Waals surface area contributed by atoms with Crippen molar-refractivity contribution in [1.82, 2.24) is 15.2 Å². The molecule has 0 saturated heterocycles. The van der Waals surface area contributed by atoms with Gasteiger partial charge in [0.25, 0.3) is 10.0 Å². The molecule has 0 amide bonds. The summed E-state index contributed by atoms with van der Waals surface area (Å²) in [6, 6.07) is 9.52. The van der Waals surface area contributed by atoms with E-state index in [1.807, 2.05) is 23.0 Å². The maximum absolute atomic E-state index is 16.3. The Balaban J connectivity index is 1.30. The quantitative estimate of drug-likeness (QED) is 0.181. The highest BCUT2D eigenvalue weighted by Crippen LogP contribution is 2.68. The first kappa shape index (κ1) is 30.2. The third-order valence-corrected chi connectivity index (χ3v) is 10.9. The van der Waals surface area contributed by atoms with Crippen molar-refractivity contribution in [3.63, 3.8) is 0 Å². The van der Waals surface area contributed by atoms with Crippen molar-refractivity contribution in [3.05, 3.63) is 100.0 Å². The van der Waals surface area contributed by atoms with E-state index in [0.29, 0.717) is 63.3 Å². The Labute approximate surface area is 267 Å². The number of halogens is 3. The molecular formula is C33H27F3N6O2S2. The van der Waals surface area contributed by atoms with E-state index in [1.54, 1.807) is 19.1 Å². The lowest BCUT2D eigenvalue weighted by molar-refractivity contribution is 0.516. The molecule has 0 radical (unpaired) electrons. The van der Waals surface area contributed by atoms with Gasteiger partial charge in [-0.25, -0.2) is 26.6 Å². The average Bonchev–Trinajstić information content (AvgIpc) is 3.91. The van der Waals surface area contributed by atoms with Crippen LogP contribution in [0.4, 0.5) is 18.9 Å². The van der Waals surface area contributed by atoms with Crippen LogP contribution >= 0.6 is 11.3 Å². The van der Waals surface area contributed by atoms with Gasteiger partial charge in [-0.3, -0.25) is 9.71 Å². The van der Waals surface area contributed by atoms with Crippen LogP contribution in [0, 0.1) is 54.5 Å². The van der Waals surface area contributed by atoms with E-state index in [2.05, 4.69) is 10.2 Å². The topological polar surface area (TPSA) is 121 Å². The van der Waals surface area contributed by atoms with Gasteiger partial charge in [0.15, 0.2) is 10.7 Å². The Morgan fingerprint density at radius 2 is 1.85 bits per heavy atom. The van der Waals surface area contributed by atoms with Crippen LogP contribution < -0.4 is 4.72 Å². The zero-order chi connectivity index (χ0) is 32.3. The van der Waals surface area contributed by atoms with Gasteiger partial charge in [0.2, 0.25) is 0 Å². The Morgan fingerprint density at radius 1 is 1.04 bits per heavy atom. The fourth-order valence-electron chi connectivity index (χ4n) is 5.63. The molecule has 2 atom stereocenters. The molecule has 0 spiro atoms. The zero-order valence-electron chi connectivity index (χ0n) is 24.7. The van der Waals surface area contributed by atoms with Gasteiger partial charge in [-0.2, -0.15) is 5.10 Å². The van der Waals surface area contributed by atoms with Crippen molar-refractivity contribution >= 4 is 38.5 Å². The molecule has 2 fully saturated rings. The van der Waals surface area contributed by atoms with Gasteiger partial charge < -0.3 is 5.41 Å². The Hall–Kier alpha value is -4.49.